The molecule has 4 rings (SSSR count). The average molecular weight is 509 g/mol. The number of carbonyl (C=O) groups excluding carboxylic acids is 1. The number of para-hydroxylation sites is 2. The maximum Gasteiger partial charge on any atom is 0.492 e. The molecular weight excluding hydrogens is 491 g/mol. The van der Waals surface area contributed by atoms with Crippen LogP contribution in [-0.2, 0) is 10.0 Å². The number of alkyl halides is 3. The Kier molecular flexibility index (Phi) is 6.11. The Morgan fingerprint density at radius 2 is 1.43 bits per heavy atom. The van der Waals surface area contributed by atoms with Crippen molar-refractivity contribution < 1.29 is 40.6 Å². The van der Waals surface area contributed by atoms with Gasteiger partial charge in [-0.2, -0.15) is 13.2 Å². The summed E-state index contributed by atoms with van der Waals surface area (Å²) in [5.74, 6) is -3.26. The number of methoxy groups -OCH3 is 1. The summed E-state index contributed by atoms with van der Waals surface area (Å²) in [5, 5.41) is 3.85. The molecule has 0 aliphatic carbocycles. The molecule has 0 unspecified atom stereocenters. The van der Waals surface area contributed by atoms with Crippen molar-refractivity contribution in [2.24, 2.45) is 0 Å². The first-order valence-corrected chi connectivity index (χ1v) is 11.4. The van der Waals surface area contributed by atoms with Gasteiger partial charge in [0.05, 0.1) is 12.0 Å². The van der Waals surface area contributed by atoms with Crippen LogP contribution in [0.1, 0.15) is 0 Å². The van der Waals surface area contributed by atoms with Crippen LogP contribution in [0.25, 0.3) is 0 Å². The van der Waals surface area contributed by atoms with Crippen LogP contribution in [0.4, 0.5) is 29.3 Å². The van der Waals surface area contributed by atoms with Crippen LogP contribution in [0.2, 0.25) is 0 Å². The predicted molar refractivity (Wildman–Crippen MR) is 119 cm³/mol. The normalized spacial score (nSPS) is 14.2. The number of nitrogens with one attached hydrogen (secondary N) is 3. The first-order valence-electron chi connectivity index (χ1n) is 9.91. The van der Waals surface area contributed by atoms with Gasteiger partial charge >= 0.3 is 18.1 Å². The summed E-state index contributed by atoms with van der Waals surface area (Å²) in [6.07, 6.45) is -5.12. The quantitative estimate of drug-likeness (QED) is 0.456. The zero-order valence-electron chi connectivity index (χ0n) is 17.9. The van der Waals surface area contributed by atoms with Crippen molar-refractivity contribution in [3.05, 3.63) is 72.8 Å². The first kappa shape index (κ1) is 24.0. The Morgan fingerprint density at radius 1 is 0.886 bits per heavy atom. The van der Waals surface area contributed by atoms with Crippen molar-refractivity contribution in [2.45, 2.75) is 17.0 Å². The second kappa shape index (κ2) is 8.91. The van der Waals surface area contributed by atoms with E-state index in [1.807, 2.05) is 0 Å². The number of fused-ring (bicyclic) bond motifs is 1. The number of sulfonamides is 1. The summed E-state index contributed by atoms with van der Waals surface area (Å²) in [4.78, 5) is 12.2. The number of anilines is 2. The summed E-state index contributed by atoms with van der Waals surface area (Å²) < 4.78 is 83.5. The van der Waals surface area contributed by atoms with Crippen molar-refractivity contribution in [1.82, 2.24) is 5.32 Å². The second-order valence-electron chi connectivity index (χ2n) is 7.20. The molecule has 0 bridgehead atoms. The van der Waals surface area contributed by atoms with Crippen molar-refractivity contribution in [3.63, 3.8) is 0 Å². The van der Waals surface area contributed by atoms with Gasteiger partial charge in [0.15, 0.2) is 11.5 Å². The van der Waals surface area contributed by atoms with Crippen LogP contribution >= 0.6 is 0 Å². The molecule has 3 N–H and O–H groups in total. The van der Waals surface area contributed by atoms with E-state index in [1.54, 1.807) is 17.4 Å². The summed E-state index contributed by atoms with van der Waals surface area (Å²) in [6.45, 7) is 0. The molecule has 184 valence electrons. The third-order valence-corrected chi connectivity index (χ3v) is 6.17. The number of amides is 2. The van der Waals surface area contributed by atoms with Gasteiger partial charge in [0, 0.05) is 11.4 Å². The monoisotopic (exact) mass is 509 g/mol. The van der Waals surface area contributed by atoms with Gasteiger partial charge in [-0.3, -0.25) is 10.0 Å². The Balaban J connectivity index is 1.44. The number of hydrogen-bond acceptors (Lipinski definition) is 6. The number of ether oxygens (including phenoxy) is 3. The molecule has 2 amide bonds. The van der Waals surface area contributed by atoms with Gasteiger partial charge in [-0.05, 0) is 60.7 Å². The smallest absolute Gasteiger partial charge is 0.492 e. The lowest BCUT2D eigenvalue weighted by Crippen LogP contribution is -2.65. The number of urea groups is 1. The highest BCUT2D eigenvalue weighted by molar-refractivity contribution is 7.92. The molecule has 0 fully saturated rings. The maximum atomic E-state index is 13.7. The van der Waals surface area contributed by atoms with E-state index in [-0.39, 0.29) is 22.1 Å². The highest BCUT2D eigenvalue weighted by Gasteiger charge is 2.65. The van der Waals surface area contributed by atoms with Crippen LogP contribution < -0.4 is 29.6 Å². The van der Waals surface area contributed by atoms with E-state index in [0.29, 0.717) is 11.4 Å². The van der Waals surface area contributed by atoms with E-state index in [1.165, 1.54) is 67.8 Å². The molecule has 0 spiro atoms. The highest BCUT2D eigenvalue weighted by atomic mass is 32.2. The standard InChI is InChI=1S/C22H18F3N3O6S/c1-32-16-10-6-15(7-11-16)28-35(30,31)17-12-8-14(9-13-17)26-20(29)27-22(21(23,24)25)33-18-4-2-3-5-19(18)34-22/h2-13,28H,1H3,(H2,26,27,29). The number of halogens is 3. The van der Waals surface area contributed by atoms with E-state index in [4.69, 9.17) is 14.2 Å². The van der Waals surface area contributed by atoms with Gasteiger partial charge in [-0.1, -0.05) is 12.1 Å². The molecule has 13 heteroatoms. The third kappa shape index (κ3) is 5.04. The lowest BCUT2D eigenvalue weighted by molar-refractivity contribution is -0.317. The first-order chi connectivity index (χ1) is 16.5. The summed E-state index contributed by atoms with van der Waals surface area (Å²) in [7, 11) is -2.49. The van der Waals surface area contributed by atoms with Crippen molar-refractivity contribution in [3.8, 4) is 17.2 Å². The van der Waals surface area contributed by atoms with Gasteiger partial charge in [0.1, 0.15) is 5.75 Å². The largest absolute Gasteiger partial charge is 0.497 e. The third-order valence-electron chi connectivity index (χ3n) is 4.77. The van der Waals surface area contributed by atoms with Crippen LogP contribution in [0.3, 0.4) is 0 Å². The lowest BCUT2D eigenvalue weighted by Gasteiger charge is -2.29. The molecule has 0 aromatic heterocycles. The highest BCUT2D eigenvalue weighted by Crippen LogP contribution is 2.44. The molecule has 0 radical (unpaired) electrons. The number of benzene rings is 3. The molecule has 1 aliphatic rings. The molecule has 3 aromatic rings. The Labute approximate surface area is 197 Å². The number of hydrogen-bond donors (Lipinski definition) is 3. The fourth-order valence-corrected chi connectivity index (χ4v) is 4.15. The summed E-state index contributed by atoms with van der Waals surface area (Å²) in [6, 6.07) is 15.1. The molecule has 3 aromatic carbocycles. The van der Waals surface area contributed by atoms with E-state index < -0.39 is 28.1 Å². The summed E-state index contributed by atoms with van der Waals surface area (Å²) in [5.41, 5.74) is 0.320. The van der Waals surface area contributed by atoms with Crippen LogP contribution in [0.15, 0.2) is 77.7 Å². The predicted octanol–water partition coefficient (Wildman–Crippen LogP) is 4.31. The van der Waals surface area contributed by atoms with Crippen molar-refractivity contribution in [2.75, 3.05) is 17.1 Å². The van der Waals surface area contributed by atoms with Gasteiger partial charge in [0.25, 0.3) is 10.0 Å². The van der Waals surface area contributed by atoms with Gasteiger partial charge in [-0.25, -0.2) is 13.2 Å². The van der Waals surface area contributed by atoms with E-state index in [9.17, 15) is 26.4 Å². The van der Waals surface area contributed by atoms with Gasteiger partial charge in [-0.15, -0.1) is 0 Å². The van der Waals surface area contributed by atoms with Crippen molar-refractivity contribution >= 4 is 27.4 Å². The van der Waals surface area contributed by atoms with Crippen molar-refractivity contribution in [1.29, 1.82) is 0 Å². The number of rotatable bonds is 6. The van der Waals surface area contributed by atoms with Crippen LogP contribution in [0, 0.1) is 0 Å². The molecule has 9 nitrogen and oxygen atoms in total. The van der Waals surface area contributed by atoms with Gasteiger partial charge in [0.2, 0.25) is 0 Å². The van der Waals surface area contributed by atoms with E-state index >= 15 is 0 Å². The van der Waals surface area contributed by atoms with Crippen LogP contribution in [-0.4, -0.2) is 33.6 Å². The molecule has 1 aliphatic heterocycles. The summed E-state index contributed by atoms with van der Waals surface area (Å²) >= 11 is 0. The molecule has 1 heterocycles. The molecule has 0 saturated carbocycles. The topological polar surface area (TPSA) is 115 Å². The minimum Gasteiger partial charge on any atom is -0.497 e. The SMILES string of the molecule is COc1ccc(NS(=O)(=O)c2ccc(NC(=O)NC3(C(F)(F)F)Oc4ccccc4O3)cc2)cc1. The minimum absolute atomic E-state index is 0.0266. The minimum atomic E-state index is -5.12. The zero-order valence-corrected chi connectivity index (χ0v) is 18.7. The molecule has 35 heavy (non-hydrogen) atoms. The molecule has 0 atom stereocenters. The zero-order chi connectivity index (χ0) is 25.3. The fraction of sp³-hybridized carbons (Fsp3) is 0.136. The average Bonchev–Trinajstić information content (AvgIpc) is 3.19. The maximum absolute atomic E-state index is 13.7. The van der Waals surface area contributed by atoms with Gasteiger partial charge < -0.3 is 19.5 Å². The second-order valence-corrected chi connectivity index (χ2v) is 8.89. The van der Waals surface area contributed by atoms with E-state index in [2.05, 4.69) is 10.0 Å². The van der Waals surface area contributed by atoms with Crippen LogP contribution in [0.5, 0.6) is 17.2 Å². The fourth-order valence-electron chi connectivity index (χ4n) is 3.09. The number of carbonyl (C=O) groups is 1. The molecular formula is C22H18F3N3O6S. The Hall–Kier alpha value is -4.13. The Bertz CT molecular complexity index is 1300. The molecule has 0 saturated heterocycles. The lowest BCUT2D eigenvalue weighted by atomic mass is 10.3. The van der Waals surface area contributed by atoms with E-state index in [0.717, 1.165) is 0 Å². The Morgan fingerprint density at radius 3 is 1.94 bits per heavy atom.